The lowest BCUT2D eigenvalue weighted by Crippen LogP contribution is -2.29. The van der Waals surface area contributed by atoms with Crippen LogP contribution in [0.25, 0.3) is 5.70 Å². The number of carbonyl (C=O) groups excluding carboxylic acids is 2. The van der Waals surface area contributed by atoms with Gasteiger partial charge in [-0.25, -0.2) is 4.79 Å². The van der Waals surface area contributed by atoms with Crippen LogP contribution in [0.5, 0.6) is 11.5 Å². The second kappa shape index (κ2) is 9.96. The van der Waals surface area contributed by atoms with E-state index in [1.165, 1.54) is 14.2 Å². The summed E-state index contributed by atoms with van der Waals surface area (Å²) in [6, 6.07) is 18.0. The number of rotatable bonds is 6. The van der Waals surface area contributed by atoms with Gasteiger partial charge in [-0.2, -0.15) is 0 Å². The molecule has 0 aromatic heterocycles. The fourth-order valence-corrected chi connectivity index (χ4v) is 5.28. The summed E-state index contributed by atoms with van der Waals surface area (Å²) in [5.41, 5.74) is 5.05. The van der Waals surface area contributed by atoms with Crippen molar-refractivity contribution >= 4 is 40.7 Å². The van der Waals surface area contributed by atoms with Crippen LogP contribution in [-0.4, -0.2) is 26.0 Å². The molecule has 5 rings (SSSR count). The van der Waals surface area contributed by atoms with Crippen LogP contribution in [0.3, 0.4) is 0 Å². The summed E-state index contributed by atoms with van der Waals surface area (Å²) in [5.74, 6) is -0.359. The standard InChI is InChI=1S/C29H23Cl2NO5/c1-15-24(29(34)36-3)25(26-27(32-15)19-6-4-5-7-20(19)28(26)33)16-9-11-22(23(12-16)35-2)37-14-17-8-10-18(30)13-21(17)31/h4-13,25,32H,14H2,1-3H3/t25-/m1/s1. The van der Waals surface area contributed by atoms with Crippen LogP contribution in [0.1, 0.15) is 39.9 Å². The lowest BCUT2D eigenvalue weighted by atomic mass is 9.79. The summed E-state index contributed by atoms with van der Waals surface area (Å²) in [4.78, 5) is 26.5. The number of hydrogen-bond acceptors (Lipinski definition) is 6. The highest BCUT2D eigenvalue weighted by Crippen LogP contribution is 2.48. The van der Waals surface area contributed by atoms with E-state index in [0.717, 1.165) is 11.1 Å². The minimum atomic E-state index is -0.655. The topological polar surface area (TPSA) is 73.9 Å². The molecule has 37 heavy (non-hydrogen) atoms. The molecule has 3 aromatic carbocycles. The number of hydrogen-bond donors (Lipinski definition) is 1. The maximum absolute atomic E-state index is 13.6. The van der Waals surface area contributed by atoms with Gasteiger partial charge >= 0.3 is 5.97 Å². The zero-order chi connectivity index (χ0) is 26.3. The molecule has 3 aromatic rings. The van der Waals surface area contributed by atoms with E-state index in [-0.39, 0.29) is 12.4 Å². The van der Waals surface area contributed by atoms with E-state index in [1.807, 2.05) is 24.3 Å². The number of Topliss-reactive ketones (excluding diaryl/α,β-unsaturated/α-hetero) is 1. The molecule has 2 aliphatic rings. The zero-order valence-electron chi connectivity index (χ0n) is 20.4. The lowest BCUT2D eigenvalue weighted by Gasteiger charge is -2.29. The van der Waals surface area contributed by atoms with Crippen LogP contribution in [0.15, 0.2) is 77.5 Å². The largest absolute Gasteiger partial charge is 0.493 e. The zero-order valence-corrected chi connectivity index (χ0v) is 21.9. The lowest BCUT2D eigenvalue weighted by molar-refractivity contribution is -0.136. The number of ketones is 1. The first-order valence-corrected chi connectivity index (χ1v) is 12.3. The highest BCUT2D eigenvalue weighted by atomic mass is 35.5. The van der Waals surface area contributed by atoms with Gasteiger partial charge in [0.25, 0.3) is 0 Å². The molecule has 0 saturated heterocycles. The molecule has 0 saturated carbocycles. The normalized spacial score (nSPS) is 16.2. The number of esters is 1. The van der Waals surface area contributed by atoms with Crippen molar-refractivity contribution in [2.45, 2.75) is 19.4 Å². The number of ether oxygens (including phenoxy) is 3. The van der Waals surface area contributed by atoms with Gasteiger partial charge in [0.2, 0.25) is 0 Å². The van der Waals surface area contributed by atoms with Crippen molar-refractivity contribution in [2.75, 3.05) is 14.2 Å². The molecule has 0 unspecified atom stereocenters. The van der Waals surface area contributed by atoms with E-state index >= 15 is 0 Å². The highest BCUT2D eigenvalue weighted by Gasteiger charge is 2.43. The molecule has 1 N–H and O–H groups in total. The molecule has 0 spiro atoms. The van der Waals surface area contributed by atoms with Crippen molar-refractivity contribution < 1.29 is 23.8 Å². The van der Waals surface area contributed by atoms with Crippen molar-refractivity contribution in [3.63, 3.8) is 0 Å². The Morgan fingerprint density at radius 1 is 0.973 bits per heavy atom. The third-order valence-corrected chi connectivity index (χ3v) is 7.16. The van der Waals surface area contributed by atoms with Crippen molar-refractivity contribution in [2.24, 2.45) is 0 Å². The van der Waals surface area contributed by atoms with Crippen LogP contribution in [0.4, 0.5) is 0 Å². The van der Waals surface area contributed by atoms with Gasteiger partial charge in [-0.1, -0.05) is 59.6 Å². The van der Waals surface area contributed by atoms with Crippen LogP contribution in [0, 0.1) is 0 Å². The van der Waals surface area contributed by atoms with Gasteiger partial charge in [-0.3, -0.25) is 4.79 Å². The SMILES string of the molecule is COC(=O)C1=C(C)NC2=C(C(=O)c3ccccc32)[C@@H]1c1ccc(OCc2ccc(Cl)cc2Cl)c(OC)c1. The fraction of sp³-hybridized carbons (Fsp3) is 0.172. The summed E-state index contributed by atoms with van der Waals surface area (Å²) < 4.78 is 16.8. The Morgan fingerprint density at radius 2 is 1.73 bits per heavy atom. The number of dihydropyridines is 1. The molecule has 1 aliphatic heterocycles. The number of carbonyl (C=O) groups is 2. The van der Waals surface area contributed by atoms with Crippen LogP contribution in [0.2, 0.25) is 10.0 Å². The third-order valence-electron chi connectivity index (χ3n) is 6.57. The van der Waals surface area contributed by atoms with Gasteiger partial charge in [0.1, 0.15) is 6.61 Å². The molecular weight excluding hydrogens is 513 g/mol. The number of allylic oxidation sites excluding steroid dienone is 2. The molecule has 0 radical (unpaired) electrons. The Labute approximate surface area is 224 Å². The van der Waals surface area contributed by atoms with E-state index in [9.17, 15) is 9.59 Å². The molecule has 0 fully saturated rings. The van der Waals surface area contributed by atoms with Crippen molar-refractivity contribution in [1.82, 2.24) is 5.32 Å². The van der Waals surface area contributed by atoms with Gasteiger partial charge in [-0.15, -0.1) is 0 Å². The second-order valence-corrected chi connectivity index (χ2v) is 9.53. The van der Waals surface area contributed by atoms with E-state index in [0.29, 0.717) is 55.2 Å². The smallest absolute Gasteiger partial charge is 0.336 e. The Morgan fingerprint density at radius 3 is 2.43 bits per heavy atom. The van der Waals surface area contributed by atoms with E-state index < -0.39 is 11.9 Å². The van der Waals surface area contributed by atoms with E-state index in [1.54, 1.807) is 43.3 Å². The third kappa shape index (κ3) is 4.37. The Bertz CT molecular complexity index is 1510. The van der Waals surface area contributed by atoms with Gasteiger partial charge in [-0.05, 0) is 36.8 Å². The van der Waals surface area contributed by atoms with Gasteiger partial charge in [0.05, 0.1) is 25.5 Å². The monoisotopic (exact) mass is 535 g/mol. The van der Waals surface area contributed by atoms with Crippen LogP contribution >= 0.6 is 23.2 Å². The van der Waals surface area contributed by atoms with Gasteiger partial charge in [0, 0.05) is 43.9 Å². The van der Waals surface area contributed by atoms with E-state index in [2.05, 4.69) is 5.32 Å². The van der Waals surface area contributed by atoms with E-state index in [4.69, 9.17) is 37.4 Å². The van der Waals surface area contributed by atoms with Gasteiger partial charge in [0.15, 0.2) is 17.3 Å². The summed E-state index contributed by atoms with van der Waals surface area (Å²) in [6.45, 7) is 2.01. The predicted octanol–water partition coefficient (Wildman–Crippen LogP) is 6.32. The first-order valence-electron chi connectivity index (χ1n) is 11.5. The minimum Gasteiger partial charge on any atom is -0.493 e. The van der Waals surface area contributed by atoms with Gasteiger partial charge < -0.3 is 19.5 Å². The summed E-state index contributed by atoms with van der Waals surface area (Å²) >= 11 is 12.3. The Hall–Kier alpha value is -3.74. The number of fused-ring (bicyclic) bond motifs is 2. The van der Waals surface area contributed by atoms with Crippen LogP contribution < -0.4 is 14.8 Å². The van der Waals surface area contributed by atoms with Crippen molar-refractivity contribution in [3.8, 4) is 11.5 Å². The van der Waals surface area contributed by atoms with Crippen LogP contribution in [-0.2, 0) is 16.1 Å². The molecule has 1 heterocycles. The highest BCUT2D eigenvalue weighted by molar-refractivity contribution is 6.35. The average molecular weight is 536 g/mol. The molecule has 8 heteroatoms. The molecule has 0 bridgehead atoms. The Kier molecular flexibility index (Phi) is 6.71. The fourth-order valence-electron chi connectivity index (χ4n) is 4.82. The first-order chi connectivity index (χ1) is 17.8. The molecular formula is C29H23Cl2NO5. The predicted molar refractivity (Wildman–Crippen MR) is 142 cm³/mol. The number of methoxy groups -OCH3 is 2. The Balaban J connectivity index is 1.55. The summed E-state index contributed by atoms with van der Waals surface area (Å²) in [7, 11) is 2.86. The molecule has 188 valence electrons. The quantitative estimate of drug-likeness (QED) is 0.372. The maximum atomic E-state index is 13.6. The number of benzene rings is 3. The number of nitrogens with one attached hydrogen (secondary N) is 1. The average Bonchev–Trinajstić information content (AvgIpc) is 3.18. The summed E-state index contributed by atoms with van der Waals surface area (Å²) in [5, 5.41) is 4.32. The molecule has 6 nitrogen and oxygen atoms in total. The second-order valence-electron chi connectivity index (χ2n) is 8.69. The van der Waals surface area contributed by atoms with Crippen molar-refractivity contribution in [1.29, 1.82) is 0 Å². The molecule has 0 amide bonds. The molecule has 1 atom stereocenters. The van der Waals surface area contributed by atoms with Crippen molar-refractivity contribution in [3.05, 3.63) is 110 Å². The number of halogens is 2. The minimum absolute atomic E-state index is 0.131. The summed E-state index contributed by atoms with van der Waals surface area (Å²) in [6.07, 6.45) is 0. The molecule has 1 aliphatic carbocycles. The maximum Gasteiger partial charge on any atom is 0.336 e. The first kappa shape index (κ1) is 24.9.